The maximum atomic E-state index is 9.26. The summed E-state index contributed by atoms with van der Waals surface area (Å²) < 4.78 is 1.90. The average molecular weight is 231 g/mol. The van der Waals surface area contributed by atoms with Crippen LogP contribution in [0.3, 0.4) is 0 Å². The zero-order valence-corrected chi connectivity index (χ0v) is 9.87. The maximum absolute atomic E-state index is 9.26. The van der Waals surface area contributed by atoms with Crippen LogP contribution >= 0.6 is 0 Å². The van der Waals surface area contributed by atoms with Gasteiger partial charge < -0.3 is 10.8 Å². The zero-order valence-electron chi connectivity index (χ0n) is 9.87. The van der Waals surface area contributed by atoms with Crippen molar-refractivity contribution >= 4 is 0 Å². The minimum absolute atomic E-state index is 0.217. The number of hydrogen-bond donors (Lipinski definition) is 2. The van der Waals surface area contributed by atoms with E-state index in [1.807, 2.05) is 36.1 Å². The lowest BCUT2D eigenvalue weighted by Gasteiger charge is -2.15. The summed E-state index contributed by atoms with van der Waals surface area (Å²) in [6, 6.07) is 7.19. The first-order valence-corrected chi connectivity index (χ1v) is 5.67. The standard InChI is InChI=1S/C13H17N3O/c1-10-7-15-16(8-10)9-12(6-14)11-2-4-13(17)5-3-11/h2-5,7-8,12,17H,6,9,14H2,1H3. The zero-order chi connectivity index (χ0) is 12.3. The van der Waals surface area contributed by atoms with Crippen molar-refractivity contribution in [3.63, 3.8) is 0 Å². The van der Waals surface area contributed by atoms with Crippen LogP contribution in [0.4, 0.5) is 0 Å². The Hall–Kier alpha value is -1.81. The molecule has 0 saturated heterocycles. The largest absolute Gasteiger partial charge is 0.508 e. The molecular weight excluding hydrogens is 214 g/mol. The molecule has 0 aliphatic rings. The van der Waals surface area contributed by atoms with Crippen LogP contribution in [0.15, 0.2) is 36.7 Å². The van der Waals surface area contributed by atoms with Gasteiger partial charge in [0, 0.05) is 25.2 Å². The highest BCUT2D eigenvalue weighted by atomic mass is 16.3. The van der Waals surface area contributed by atoms with Gasteiger partial charge in [-0.3, -0.25) is 4.68 Å². The van der Waals surface area contributed by atoms with E-state index in [2.05, 4.69) is 5.10 Å². The monoisotopic (exact) mass is 231 g/mol. The lowest BCUT2D eigenvalue weighted by molar-refractivity contribution is 0.473. The van der Waals surface area contributed by atoms with Crippen LogP contribution in [0.5, 0.6) is 5.75 Å². The van der Waals surface area contributed by atoms with E-state index in [1.165, 1.54) is 0 Å². The number of nitrogens with zero attached hydrogens (tertiary/aromatic N) is 2. The van der Waals surface area contributed by atoms with E-state index in [9.17, 15) is 5.11 Å². The van der Waals surface area contributed by atoms with Gasteiger partial charge in [-0.2, -0.15) is 5.10 Å². The molecule has 0 radical (unpaired) electrons. The third-order valence-electron chi connectivity index (χ3n) is 2.82. The molecule has 0 fully saturated rings. The summed E-state index contributed by atoms with van der Waals surface area (Å²) in [7, 11) is 0. The molecule has 2 rings (SSSR count). The summed E-state index contributed by atoms with van der Waals surface area (Å²) in [6.45, 7) is 3.33. The molecule has 4 heteroatoms. The Bertz CT molecular complexity index is 476. The fraction of sp³-hybridized carbons (Fsp3) is 0.308. The maximum Gasteiger partial charge on any atom is 0.115 e. The predicted molar refractivity (Wildman–Crippen MR) is 66.9 cm³/mol. The van der Waals surface area contributed by atoms with E-state index in [0.717, 1.165) is 17.7 Å². The molecule has 0 aliphatic heterocycles. The van der Waals surface area contributed by atoms with Crippen molar-refractivity contribution in [2.45, 2.75) is 19.4 Å². The van der Waals surface area contributed by atoms with Gasteiger partial charge in [-0.15, -0.1) is 0 Å². The van der Waals surface area contributed by atoms with E-state index in [0.29, 0.717) is 6.54 Å². The second-order valence-corrected chi connectivity index (χ2v) is 4.26. The van der Waals surface area contributed by atoms with E-state index in [1.54, 1.807) is 12.1 Å². The first-order chi connectivity index (χ1) is 8.19. The summed E-state index contributed by atoms with van der Waals surface area (Å²) >= 11 is 0. The van der Waals surface area contributed by atoms with Crippen LogP contribution in [0.25, 0.3) is 0 Å². The SMILES string of the molecule is Cc1cnn(CC(CN)c2ccc(O)cc2)c1. The molecule has 0 amide bonds. The summed E-state index contributed by atoms with van der Waals surface area (Å²) in [4.78, 5) is 0. The van der Waals surface area contributed by atoms with Gasteiger partial charge in [0.05, 0.1) is 6.20 Å². The molecule has 1 unspecified atom stereocenters. The Morgan fingerprint density at radius 3 is 2.59 bits per heavy atom. The highest BCUT2D eigenvalue weighted by molar-refractivity contribution is 5.28. The fourth-order valence-electron chi connectivity index (χ4n) is 1.86. The van der Waals surface area contributed by atoms with Gasteiger partial charge in [0.25, 0.3) is 0 Å². The molecule has 0 saturated carbocycles. The number of rotatable bonds is 4. The van der Waals surface area contributed by atoms with Crippen LogP contribution in [0.2, 0.25) is 0 Å². The van der Waals surface area contributed by atoms with E-state index < -0.39 is 0 Å². The molecule has 90 valence electrons. The average Bonchev–Trinajstić information content (AvgIpc) is 2.73. The molecule has 1 heterocycles. The first-order valence-electron chi connectivity index (χ1n) is 5.67. The molecule has 2 aromatic rings. The molecule has 0 bridgehead atoms. The smallest absolute Gasteiger partial charge is 0.115 e. The molecule has 1 atom stereocenters. The topological polar surface area (TPSA) is 64.1 Å². The number of aryl methyl sites for hydroxylation is 1. The van der Waals surface area contributed by atoms with Crippen molar-refractivity contribution in [2.24, 2.45) is 5.73 Å². The summed E-state index contributed by atoms with van der Waals surface area (Å²) in [6.07, 6.45) is 3.84. The molecule has 0 aliphatic carbocycles. The van der Waals surface area contributed by atoms with Crippen molar-refractivity contribution in [1.29, 1.82) is 0 Å². The van der Waals surface area contributed by atoms with Gasteiger partial charge in [0.2, 0.25) is 0 Å². The van der Waals surface area contributed by atoms with Crippen LogP contribution in [-0.4, -0.2) is 21.4 Å². The highest BCUT2D eigenvalue weighted by Crippen LogP contribution is 2.19. The number of benzene rings is 1. The van der Waals surface area contributed by atoms with Crippen molar-refractivity contribution in [1.82, 2.24) is 9.78 Å². The quantitative estimate of drug-likeness (QED) is 0.840. The van der Waals surface area contributed by atoms with Crippen molar-refractivity contribution in [3.05, 3.63) is 47.8 Å². The molecule has 0 spiro atoms. The van der Waals surface area contributed by atoms with Crippen LogP contribution in [0.1, 0.15) is 17.0 Å². The minimum Gasteiger partial charge on any atom is -0.508 e. The van der Waals surface area contributed by atoms with Gasteiger partial charge >= 0.3 is 0 Å². The number of phenols is 1. The third-order valence-corrected chi connectivity index (χ3v) is 2.82. The molecule has 3 N–H and O–H groups in total. The molecule has 1 aromatic heterocycles. The van der Waals surface area contributed by atoms with Crippen LogP contribution < -0.4 is 5.73 Å². The number of phenolic OH excluding ortho intramolecular Hbond substituents is 1. The van der Waals surface area contributed by atoms with Gasteiger partial charge in [-0.1, -0.05) is 12.1 Å². The van der Waals surface area contributed by atoms with E-state index >= 15 is 0 Å². The Balaban J connectivity index is 2.13. The highest BCUT2D eigenvalue weighted by Gasteiger charge is 2.11. The Kier molecular flexibility index (Phi) is 3.44. The second-order valence-electron chi connectivity index (χ2n) is 4.26. The Labute approximate surface area is 101 Å². The normalized spacial score (nSPS) is 12.6. The summed E-state index contributed by atoms with van der Waals surface area (Å²) in [5, 5.41) is 13.5. The Morgan fingerprint density at radius 2 is 2.06 bits per heavy atom. The third kappa shape index (κ3) is 2.85. The van der Waals surface area contributed by atoms with Gasteiger partial charge in [0.1, 0.15) is 5.75 Å². The predicted octanol–water partition coefficient (Wildman–Crippen LogP) is 1.64. The number of aromatic nitrogens is 2. The van der Waals surface area contributed by atoms with Crippen molar-refractivity contribution in [2.75, 3.05) is 6.54 Å². The first kappa shape index (κ1) is 11.7. The lowest BCUT2D eigenvalue weighted by atomic mass is 9.99. The van der Waals surface area contributed by atoms with Crippen molar-refractivity contribution < 1.29 is 5.11 Å². The molecular formula is C13H17N3O. The van der Waals surface area contributed by atoms with Gasteiger partial charge in [0.15, 0.2) is 0 Å². The number of hydrogen-bond acceptors (Lipinski definition) is 3. The van der Waals surface area contributed by atoms with Crippen LogP contribution in [-0.2, 0) is 6.54 Å². The van der Waals surface area contributed by atoms with Crippen LogP contribution in [0, 0.1) is 6.92 Å². The van der Waals surface area contributed by atoms with Gasteiger partial charge in [-0.25, -0.2) is 0 Å². The molecule has 17 heavy (non-hydrogen) atoms. The number of aromatic hydroxyl groups is 1. The second kappa shape index (κ2) is 5.01. The number of nitrogens with two attached hydrogens (primary N) is 1. The van der Waals surface area contributed by atoms with E-state index in [-0.39, 0.29) is 11.7 Å². The molecule has 1 aromatic carbocycles. The summed E-state index contributed by atoms with van der Waals surface area (Å²) in [5.74, 6) is 0.495. The summed E-state index contributed by atoms with van der Waals surface area (Å²) in [5.41, 5.74) is 8.06. The van der Waals surface area contributed by atoms with Crippen molar-refractivity contribution in [3.8, 4) is 5.75 Å². The minimum atomic E-state index is 0.217. The Morgan fingerprint density at radius 1 is 1.35 bits per heavy atom. The van der Waals surface area contributed by atoms with Gasteiger partial charge in [-0.05, 0) is 30.2 Å². The fourth-order valence-corrected chi connectivity index (χ4v) is 1.86. The van der Waals surface area contributed by atoms with E-state index in [4.69, 9.17) is 5.73 Å². The lowest BCUT2D eigenvalue weighted by Crippen LogP contribution is -2.18. The molecule has 4 nitrogen and oxygen atoms in total.